The summed E-state index contributed by atoms with van der Waals surface area (Å²) in [6.45, 7) is 4.94. The van der Waals surface area contributed by atoms with Gasteiger partial charge < -0.3 is 9.47 Å². The fourth-order valence-electron chi connectivity index (χ4n) is 2.88. The second-order valence-corrected chi connectivity index (χ2v) is 6.88. The minimum absolute atomic E-state index is 0.368. The molecule has 144 valence electrons. The Morgan fingerprint density at radius 2 is 1.50 bits per heavy atom. The monoisotopic (exact) mass is 374 g/mol. The van der Waals surface area contributed by atoms with Crippen molar-refractivity contribution in [2.45, 2.75) is 32.6 Å². The van der Waals surface area contributed by atoms with E-state index >= 15 is 0 Å². The molecule has 0 aliphatic heterocycles. The van der Waals surface area contributed by atoms with Crippen molar-refractivity contribution in [2.75, 3.05) is 6.61 Å². The fourth-order valence-corrected chi connectivity index (χ4v) is 2.88. The lowest BCUT2D eigenvalue weighted by Gasteiger charge is -2.10. The molecule has 0 spiro atoms. The molecule has 0 amide bonds. The number of ether oxygens (including phenoxy) is 2. The maximum atomic E-state index is 12.3. The summed E-state index contributed by atoms with van der Waals surface area (Å²) in [6, 6.07) is 25.0. The van der Waals surface area contributed by atoms with Crippen LogP contribution in [0.2, 0.25) is 0 Å². The molecule has 3 aromatic rings. The van der Waals surface area contributed by atoms with Crippen LogP contribution in [0, 0.1) is 0 Å². The lowest BCUT2D eigenvalue weighted by Crippen LogP contribution is -2.08. The number of hydrogen-bond donors (Lipinski definition) is 0. The van der Waals surface area contributed by atoms with Crippen LogP contribution >= 0.6 is 0 Å². The van der Waals surface area contributed by atoms with Crippen molar-refractivity contribution in [3.8, 4) is 11.5 Å². The molecule has 1 atom stereocenters. The summed E-state index contributed by atoms with van der Waals surface area (Å²) in [5.74, 6) is 1.43. The molecule has 3 aromatic carbocycles. The average Bonchev–Trinajstić information content (AvgIpc) is 2.75. The van der Waals surface area contributed by atoms with Gasteiger partial charge in [-0.1, -0.05) is 56.3 Å². The van der Waals surface area contributed by atoms with Gasteiger partial charge in [-0.2, -0.15) is 0 Å². The standard InChI is InChI=1S/C25H26O3/c1-3-19(2)21-9-15-24(16-10-21)28-25(26)22-11-13-23(14-12-22)27-18-17-20-7-5-4-6-8-20/h4-16,19H,3,17-18H2,1-2H3. The molecular weight excluding hydrogens is 348 g/mol. The minimum atomic E-state index is -0.368. The van der Waals surface area contributed by atoms with Gasteiger partial charge in [-0.05, 0) is 59.9 Å². The Morgan fingerprint density at radius 3 is 2.14 bits per heavy atom. The average molecular weight is 374 g/mol. The second kappa shape index (κ2) is 9.75. The van der Waals surface area contributed by atoms with Gasteiger partial charge in [0.05, 0.1) is 12.2 Å². The first-order chi connectivity index (χ1) is 13.7. The number of benzene rings is 3. The molecule has 0 radical (unpaired) electrons. The molecule has 0 fully saturated rings. The van der Waals surface area contributed by atoms with Crippen LogP contribution in [0.4, 0.5) is 0 Å². The molecule has 3 heteroatoms. The highest BCUT2D eigenvalue weighted by Gasteiger charge is 2.10. The Morgan fingerprint density at radius 1 is 0.857 bits per heavy atom. The van der Waals surface area contributed by atoms with Crippen LogP contribution in [0.5, 0.6) is 11.5 Å². The Bertz CT molecular complexity index is 868. The van der Waals surface area contributed by atoms with Gasteiger partial charge in [-0.3, -0.25) is 0 Å². The predicted octanol–water partition coefficient (Wildman–Crippen LogP) is 6.04. The molecular formula is C25H26O3. The zero-order valence-corrected chi connectivity index (χ0v) is 16.4. The van der Waals surface area contributed by atoms with Crippen molar-refractivity contribution < 1.29 is 14.3 Å². The van der Waals surface area contributed by atoms with Gasteiger partial charge in [-0.15, -0.1) is 0 Å². The Kier molecular flexibility index (Phi) is 6.85. The van der Waals surface area contributed by atoms with Crippen molar-refractivity contribution in [3.05, 3.63) is 95.6 Å². The van der Waals surface area contributed by atoms with Crippen molar-refractivity contribution in [3.63, 3.8) is 0 Å². The van der Waals surface area contributed by atoms with Gasteiger partial charge in [0.2, 0.25) is 0 Å². The predicted molar refractivity (Wildman–Crippen MR) is 112 cm³/mol. The van der Waals surface area contributed by atoms with E-state index in [1.54, 1.807) is 24.3 Å². The summed E-state index contributed by atoms with van der Waals surface area (Å²) in [7, 11) is 0. The van der Waals surface area contributed by atoms with Gasteiger partial charge >= 0.3 is 5.97 Å². The van der Waals surface area contributed by atoms with Crippen molar-refractivity contribution in [1.29, 1.82) is 0 Å². The molecule has 0 N–H and O–H groups in total. The molecule has 0 aliphatic rings. The van der Waals surface area contributed by atoms with Crippen LogP contribution in [-0.4, -0.2) is 12.6 Å². The zero-order chi connectivity index (χ0) is 19.8. The van der Waals surface area contributed by atoms with Crippen molar-refractivity contribution in [1.82, 2.24) is 0 Å². The van der Waals surface area contributed by atoms with Gasteiger partial charge in [0, 0.05) is 6.42 Å². The molecule has 0 bridgehead atoms. The third-order valence-corrected chi connectivity index (χ3v) is 4.86. The molecule has 1 unspecified atom stereocenters. The van der Waals surface area contributed by atoms with Crippen molar-refractivity contribution >= 4 is 5.97 Å². The first-order valence-corrected chi connectivity index (χ1v) is 9.74. The number of carbonyl (C=O) groups is 1. The number of esters is 1. The third kappa shape index (κ3) is 5.46. The van der Waals surface area contributed by atoms with E-state index in [4.69, 9.17) is 9.47 Å². The van der Waals surface area contributed by atoms with E-state index in [0.717, 1.165) is 18.6 Å². The topological polar surface area (TPSA) is 35.5 Å². The van der Waals surface area contributed by atoms with Crippen LogP contribution in [0.3, 0.4) is 0 Å². The van der Waals surface area contributed by atoms with E-state index in [1.807, 2.05) is 42.5 Å². The first-order valence-electron chi connectivity index (χ1n) is 9.74. The molecule has 3 nitrogen and oxygen atoms in total. The lowest BCUT2D eigenvalue weighted by atomic mass is 9.99. The molecule has 0 saturated heterocycles. The van der Waals surface area contributed by atoms with Gasteiger partial charge in [0.1, 0.15) is 11.5 Å². The minimum Gasteiger partial charge on any atom is -0.493 e. The van der Waals surface area contributed by atoms with E-state index in [1.165, 1.54) is 11.1 Å². The summed E-state index contributed by atoms with van der Waals surface area (Å²) in [6.07, 6.45) is 1.93. The number of hydrogen-bond acceptors (Lipinski definition) is 3. The molecule has 3 rings (SSSR count). The van der Waals surface area contributed by atoms with Gasteiger partial charge in [0.15, 0.2) is 0 Å². The third-order valence-electron chi connectivity index (χ3n) is 4.86. The second-order valence-electron chi connectivity index (χ2n) is 6.88. The van der Waals surface area contributed by atoms with Crippen molar-refractivity contribution in [2.24, 2.45) is 0 Å². The lowest BCUT2D eigenvalue weighted by molar-refractivity contribution is 0.0734. The molecule has 0 aromatic heterocycles. The van der Waals surface area contributed by atoms with E-state index < -0.39 is 0 Å². The largest absolute Gasteiger partial charge is 0.493 e. The normalized spacial score (nSPS) is 11.6. The van der Waals surface area contributed by atoms with Crippen LogP contribution in [0.25, 0.3) is 0 Å². The summed E-state index contributed by atoms with van der Waals surface area (Å²) < 4.78 is 11.2. The Hall–Kier alpha value is -3.07. The first kappa shape index (κ1) is 19.7. The molecule has 0 heterocycles. The van der Waals surface area contributed by atoms with E-state index in [0.29, 0.717) is 23.8 Å². The highest BCUT2D eigenvalue weighted by atomic mass is 16.5. The zero-order valence-electron chi connectivity index (χ0n) is 16.4. The molecule has 0 aliphatic carbocycles. The van der Waals surface area contributed by atoms with Gasteiger partial charge in [0.25, 0.3) is 0 Å². The maximum Gasteiger partial charge on any atom is 0.343 e. The summed E-state index contributed by atoms with van der Waals surface area (Å²) >= 11 is 0. The van der Waals surface area contributed by atoms with Crippen LogP contribution in [0.1, 0.15) is 47.7 Å². The quantitative estimate of drug-likeness (QED) is 0.356. The Balaban J connectivity index is 1.51. The fraction of sp³-hybridized carbons (Fsp3) is 0.240. The smallest absolute Gasteiger partial charge is 0.343 e. The summed E-state index contributed by atoms with van der Waals surface area (Å²) in [5.41, 5.74) is 2.99. The van der Waals surface area contributed by atoms with E-state index in [9.17, 15) is 4.79 Å². The molecule has 0 saturated carbocycles. The summed E-state index contributed by atoms with van der Waals surface area (Å²) in [5, 5.41) is 0. The maximum absolute atomic E-state index is 12.3. The van der Waals surface area contributed by atoms with Crippen LogP contribution < -0.4 is 9.47 Å². The van der Waals surface area contributed by atoms with Gasteiger partial charge in [-0.25, -0.2) is 4.79 Å². The number of carbonyl (C=O) groups excluding carboxylic acids is 1. The molecule has 28 heavy (non-hydrogen) atoms. The SMILES string of the molecule is CCC(C)c1ccc(OC(=O)c2ccc(OCCc3ccccc3)cc2)cc1. The van der Waals surface area contributed by atoms with Crippen LogP contribution in [-0.2, 0) is 6.42 Å². The van der Waals surface area contributed by atoms with Crippen LogP contribution in [0.15, 0.2) is 78.9 Å². The Labute approximate surface area is 166 Å². The van der Waals surface area contributed by atoms with E-state index in [-0.39, 0.29) is 5.97 Å². The highest BCUT2D eigenvalue weighted by Crippen LogP contribution is 2.22. The van der Waals surface area contributed by atoms with E-state index in [2.05, 4.69) is 26.0 Å². The highest BCUT2D eigenvalue weighted by molar-refractivity contribution is 5.91. The summed E-state index contributed by atoms with van der Waals surface area (Å²) in [4.78, 5) is 12.3. The number of rotatable bonds is 8.